The number of pyridine rings is 2. The molecule has 5 rings (SSSR count). The highest BCUT2D eigenvalue weighted by atomic mass is 19.1. The minimum Gasteiger partial charge on any atom is -0.324 e. The Bertz CT molecular complexity index is 1170. The van der Waals surface area contributed by atoms with Crippen molar-refractivity contribution in [1.82, 2.24) is 4.98 Å². The van der Waals surface area contributed by atoms with Crippen LogP contribution in [0.1, 0.15) is 40.5 Å². The van der Waals surface area contributed by atoms with E-state index in [4.69, 9.17) is 0 Å². The summed E-state index contributed by atoms with van der Waals surface area (Å²) in [7, 11) is 0. The highest BCUT2D eigenvalue weighted by molar-refractivity contribution is 6.76. The van der Waals surface area contributed by atoms with Crippen molar-refractivity contribution in [2.45, 2.75) is 51.4 Å². The number of rotatable bonds is 3. The summed E-state index contributed by atoms with van der Waals surface area (Å²) < 4.78 is 31.0. The molecule has 0 saturated heterocycles. The summed E-state index contributed by atoms with van der Waals surface area (Å²) in [6, 6.07) is 14.0. The van der Waals surface area contributed by atoms with Gasteiger partial charge in [-0.15, -0.1) is 0 Å². The van der Waals surface area contributed by atoms with E-state index in [1.54, 1.807) is 6.07 Å². The van der Waals surface area contributed by atoms with Crippen LogP contribution in [0, 0.1) is 11.6 Å². The molecule has 4 heterocycles. The zero-order chi connectivity index (χ0) is 22.0. The number of benzene rings is 1. The summed E-state index contributed by atoms with van der Waals surface area (Å²) in [5.74, 6) is 0.756. The second-order valence-electron chi connectivity index (χ2n) is 8.91. The lowest BCUT2D eigenvalue weighted by Crippen LogP contribution is -2.74. The number of para-hydroxylation sites is 2. The van der Waals surface area contributed by atoms with Crippen LogP contribution < -0.4 is 14.2 Å². The first-order valence-electron chi connectivity index (χ1n) is 10.9. The Morgan fingerprint density at radius 2 is 1.61 bits per heavy atom. The monoisotopic (exact) mass is 419 g/mol. The van der Waals surface area contributed by atoms with Crippen molar-refractivity contribution in [2.24, 2.45) is 0 Å². The Morgan fingerprint density at radius 3 is 2.26 bits per heavy atom. The maximum Gasteiger partial charge on any atom is 0.518 e. The van der Waals surface area contributed by atoms with Crippen LogP contribution in [0.25, 0.3) is 0 Å². The zero-order valence-corrected chi connectivity index (χ0v) is 18.3. The molecule has 2 unspecified atom stereocenters. The molecule has 7 heteroatoms. The van der Waals surface area contributed by atoms with Crippen molar-refractivity contribution < 1.29 is 13.3 Å². The molecule has 0 radical (unpaired) electrons. The molecule has 0 bridgehead atoms. The fourth-order valence-electron chi connectivity index (χ4n) is 5.60. The Morgan fingerprint density at radius 1 is 0.935 bits per heavy atom. The van der Waals surface area contributed by atoms with E-state index >= 15 is 0 Å². The van der Waals surface area contributed by atoms with Gasteiger partial charge in [0.2, 0.25) is 0 Å². The third-order valence-electron chi connectivity index (χ3n) is 7.74. The van der Waals surface area contributed by atoms with Crippen molar-refractivity contribution in [3.05, 3.63) is 72.6 Å². The van der Waals surface area contributed by atoms with Crippen molar-refractivity contribution in [3.63, 3.8) is 0 Å². The average molecular weight is 419 g/mol. The molecule has 0 aliphatic carbocycles. The molecule has 0 fully saturated rings. The highest BCUT2D eigenvalue weighted by Crippen LogP contribution is 2.60. The molecular weight excluding hydrogens is 393 g/mol. The van der Waals surface area contributed by atoms with Crippen LogP contribution in [0.3, 0.4) is 0 Å². The second-order valence-corrected chi connectivity index (χ2v) is 8.91. The molecule has 2 aliphatic rings. The van der Waals surface area contributed by atoms with Gasteiger partial charge in [0.25, 0.3) is 5.82 Å². The van der Waals surface area contributed by atoms with E-state index in [0.29, 0.717) is 5.82 Å². The summed E-state index contributed by atoms with van der Waals surface area (Å²) in [6.07, 6.45) is 5.11. The standard InChI is InChI=1S/C24H26BF2N4/c1-5-23(3)24(4,6-2)29-14-12-18(27)16-22(29)31-20-10-8-7-9-19(20)30(25(23)31)21-15-17(26)11-13-28-21/h7-16H,5-6H2,1-4H3/q+1. The smallest absolute Gasteiger partial charge is 0.324 e. The van der Waals surface area contributed by atoms with Crippen molar-refractivity contribution in [1.29, 1.82) is 0 Å². The number of aromatic nitrogens is 2. The van der Waals surface area contributed by atoms with Gasteiger partial charge in [0, 0.05) is 18.3 Å². The van der Waals surface area contributed by atoms with Crippen molar-refractivity contribution in [3.8, 4) is 0 Å². The summed E-state index contributed by atoms with van der Waals surface area (Å²) in [6.45, 7) is 8.72. The quantitative estimate of drug-likeness (QED) is 0.400. The van der Waals surface area contributed by atoms with Gasteiger partial charge in [-0.2, -0.15) is 0 Å². The van der Waals surface area contributed by atoms with Crippen LogP contribution >= 0.6 is 0 Å². The van der Waals surface area contributed by atoms with Crippen molar-refractivity contribution in [2.75, 3.05) is 9.62 Å². The maximum absolute atomic E-state index is 14.5. The van der Waals surface area contributed by atoms with E-state index in [0.717, 1.165) is 30.0 Å². The highest BCUT2D eigenvalue weighted by Gasteiger charge is 2.70. The fraction of sp³-hybridized carbons (Fsp3) is 0.333. The van der Waals surface area contributed by atoms with Gasteiger partial charge in [-0.1, -0.05) is 32.9 Å². The molecule has 0 N–H and O–H groups in total. The number of fused-ring (bicyclic) bond motifs is 5. The molecule has 0 spiro atoms. The van der Waals surface area contributed by atoms with Gasteiger partial charge in [-0.05, 0) is 38.0 Å². The molecule has 0 amide bonds. The second kappa shape index (κ2) is 6.77. The molecule has 1 aromatic carbocycles. The summed E-state index contributed by atoms with van der Waals surface area (Å²) in [5, 5.41) is -0.260. The topological polar surface area (TPSA) is 23.3 Å². The minimum atomic E-state index is -0.325. The molecule has 0 saturated carbocycles. The Hall–Kier alpha value is -2.96. The Labute approximate surface area is 182 Å². The number of nitrogens with zero attached hydrogens (tertiary/aromatic N) is 4. The molecule has 31 heavy (non-hydrogen) atoms. The number of hydrogen-bond acceptors (Lipinski definition) is 3. The van der Waals surface area contributed by atoms with E-state index in [1.165, 1.54) is 24.4 Å². The number of anilines is 4. The summed E-state index contributed by atoms with van der Waals surface area (Å²) in [4.78, 5) is 8.87. The summed E-state index contributed by atoms with van der Waals surface area (Å²) in [5.41, 5.74) is 1.62. The first-order valence-corrected chi connectivity index (χ1v) is 10.9. The molecule has 158 valence electrons. The van der Waals surface area contributed by atoms with Crippen LogP contribution in [-0.4, -0.2) is 12.0 Å². The first kappa shape index (κ1) is 20.0. The molecule has 2 aromatic heterocycles. The lowest BCUT2D eigenvalue weighted by atomic mass is 9.39. The molecule has 3 aromatic rings. The van der Waals surface area contributed by atoms with Crippen LogP contribution in [0.15, 0.2) is 60.9 Å². The van der Waals surface area contributed by atoms with Crippen LogP contribution in [-0.2, 0) is 5.54 Å². The van der Waals surface area contributed by atoms with E-state index in [-0.39, 0.29) is 29.5 Å². The average Bonchev–Trinajstić information content (AvgIpc) is 3.13. The van der Waals surface area contributed by atoms with Gasteiger partial charge in [0.1, 0.15) is 28.7 Å². The third kappa shape index (κ3) is 2.52. The lowest BCUT2D eigenvalue weighted by molar-refractivity contribution is -0.758. The van der Waals surface area contributed by atoms with Gasteiger partial charge in [-0.25, -0.2) is 18.3 Å². The van der Waals surface area contributed by atoms with Crippen LogP contribution in [0.5, 0.6) is 0 Å². The van der Waals surface area contributed by atoms with Gasteiger partial charge in [0.15, 0.2) is 0 Å². The zero-order valence-electron chi connectivity index (χ0n) is 18.3. The molecule has 2 aliphatic heterocycles. The van der Waals surface area contributed by atoms with Gasteiger partial charge < -0.3 is 4.81 Å². The normalized spacial score (nSPS) is 24.1. The molecule has 4 nitrogen and oxygen atoms in total. The molecule has 2 atom stereocenters. The van der Waals surface area contributed by atoms with Crippen LogP contribution in [0.2, 0.25) is 5.31 Å². The Kier molecular flexibility index (Phi) is 4.36. The number of hydrogen-bond donors (Lipinski definition) is 0. The largest absolute Gasteiger partial charge is 0.518 e. The lowest BCUT2D eigenvalue weighted by Gasteiger charge is -2.51. The van der Waals surface area contributed by atoms with E-state index < -0.39 is 0 Å². The third-order valence-corrected chi connectivity index (χ3v) is 7.74. The predicted molar refractivity (Wildman–Crippen MR) is 120 cm³/mol. The van der Waals surface area contributed by atoms with Gasteiger partial charge in [0.05, 0.1) is 23.3 Å². The first-order chi connectivity index (χ1) is 14.9. The van der Waals surface area contributed by atoms with Crippen molar-refractivity contribution >= 4 is 30.0 Å². The van der Waals surface area contributed by atoms with Gasteiger partial charge >= 0.3 is 6.98 Å². The van der Waals surface area contributed by atoms with Crippen LogP contribution in [0.4, 0.5) is 31.8 Å². The van der Waals surface area contributed by atoms with E-state index in [9.17, 15) is 8.78 Å². The minimum absolute atomic E-state index is 0.184. The maximum atomic E-state index is 14.5. The SMILES string of the molecule is CCC1(C)B2N(c3cc(F)ccn3)c3ccccc3N2c2cc(F)cc[n+]2C1(C)CC. The van der Waals surface area contributed by atoms with Gasteiger partial charge in [-0.3, -0.25) is 4.81 Å². The number of halogens is 2. The van der Waals surface area contributed by atoms with E-state index in [1.807, 2.05) is 30.5 Å². The predicted octanol–water partition coefficient (Wildman–Crippen LogP) is 5.73. The van der Waals surface area contributed by atoms with E-state index in [2.05, 4.69) is 46.9 Å². The summed E-state index contributed by atoms with van der Waals surface area (Å²) >= 11 is 0. The Balaban J connectivity index is 1.87. The molecular formula is C24H26BF2N4+. The fourth-order valence-corrected chi connectivity index (χ4v) is 5.60.